The number of ether oxygens (including phenoxy) is 1. The summed E-state index contributed by atoms with van der Waals surface area (Å²) in [6, 6.07) is 23.9. The van der Waals surface area contributed by atoms with Gasteiger partial charge in [-0.25, -0.2) is 0 Å². The van der Waals surface area contributed by atoms with Crippen molar-refractivity contribution in [2.75, 3.05) is 14.2 Å². The van der Waals surface area contributed by atoms with Crippen LogP contribution in [-0.4, -0.2) is 32.0 Å². The van der Waals surface area contributed by atoms with E-state index in [1.165, 1.54) is 0 Å². The molecule has 0 saturated heterocycles. The van der Waals surface area contributed by atoms with Crippen molar-refractivity contribution in [1.82, 2.24) is 10.6 Å². The second kappa shape index (κ2) is 9.74. The topological polar surface area (TPSA) is 67.4 Å². The molecule has 30 heavy (non-hydrogen) atoms. The number of rotatable bonds is 7. The number of benzene rings is 3. The molecule has 0 heterocycles. The zero-order chi connectivity index (χ0) is 21.5. The Balaban J connectivity index is 2.01. The molecule has 0 aromatic heterocycles. The van der Waals surface area contributed by atoms with Crippen LogP contribution in [0.15, 0.2) is 78.9 Å². The largest absolute Gasteiger partial charge is 0.496 e. The van der Waals surface area contributed by atoms with Gasteiger partial charge in [0.05, 0.1) is 7.11 Å². The lowest BCUT2D eigenvalue weighted by atomic mass is 9.84. The van der Waals surface area contributed by atoms with E-state index in [9.17, 15) is 9.59 Å². The van der Waals surface area contributed by atoms with E-state index in [1.807, 2.05) is 73.7 Å². The van der Waals surface area contributed by atoms with Gasteiger partial charge in [0.1, 0.15) is 11.8 Å². The maximum Gasteiger partial charge on any atom is 0.252 e. The average Bonchev–Trinajstić information content (AvgIpc) is 2.79. The van der Waals surface area contributed by atoms with Crippen LogP contribution in [0.5, 0.6) is 5.75 Å². The summed E-state index contributed by atoms with van der Waals surface area (Å²) in [6.07, 6.45) is 0. The lowest BCUT2D eigenvalue weighted by Crippen LogP contribution is -2.49. The van der Waals surface area contributed by atoms with Crippen LogP contribution in [0.3, 0.4) is 0 Å². The third-order valence-corrected chi connectivity index (χ3v) is 5.14. The molecular formula is C25H26N2O3. The fourth-order valence-corrected chi connectivity index (χ4v) is 3.54. The van der Waals surface area contributed by atoms with Crippen LogP contribution in [0.1, 0.15) is 33.0 Å². The van der Waals surface area contributed by atoms with Crippen LogP contribution in [0.4, 0.5) is 0 Å². The predicted octanol–water partition coefficient (Wildman–Crippen LogP) is 3.68. The minimum absolute atomic E-state index is 0.264. The highest BCUT2D eigenvalue weighted by molar-refractivity contribution is 5.98. The van der Waals surface area contributed by atoms with Crippen LogP contribution < -0.4 is 15.4 Å². The molecule has 0 aliphatic rings. The van der Waals surface area contributed by atoms with Crippen LogP contribution >= 0.6 is 0 Å². The van der Waals surface area contributed by atoms with Gasteiger partial charge in [-0.3, -0.25) is 9.59 Å². The second-order valence-corrected chi connectivity index (χ2v) is 7.05. The summed E-state index contributed by atoms with van der Waals surface area (Å²) in [5.74, 6) is -0.315. The van der Waals surface area contributed by atoms with Crippen LogP contribution in [-0.2, 0) is 4.79 Å². The molecule has 5 heteroatoms. The second-order valence-electron chi connectivity index (χ2n) is 7.05. The van der Waals surface area contributed by atoms with Gasteiger partial charge in [0, 0.05) is 18.5 Å². The zero-order valence-corrected chi connectivity index (χ0v) is 17.4. The first-order valence-corrected chi connectivity index (χ1v) is 9.82. The van der Waals surface area contributed by atoms with Gasteiger partial charge in [-0.2, -0.15) is 0 Å². The molecule has 1 atom stereocenters. The molecule has 154 valence electrons. The molecule has 0 saturated carbocycles. The Hall–Kier alpha value is -3.60. The van der Waals surface area contributed by atoms with Crippen molar-refractivity contribution in [3.05, 3.63) is 101 Å². The third-order valence-electron chi connectivity index (χ3n) is 5.14. The molecule has 0 aliphatic carbocycles. The lowest BCUT2D eigenvalue weighted by Gasteiger charge is -2.28. The average molecular weight is 402 g/mol. The van der Waals surface area contributed by atoms with E-state index in [2.05, 4.69) is 10.6 Å². The maximum atomic E-state index is 13.1. The third kappa shape index (κ3) is 4.69. The van der Waals surface area contributed by atoms with E-state index < -0.39 is 6.04 Å². The van der Waals surface area contributed by atoms with Crippen molar-refractivity contribution in [1.29, 1.82) is 0 Å². The first kappa shape index (κ1) is 21.1. The highest BCUT2D eigenvalue weighted by Gasteiger charge is 2.32. The zero-order valence-electron chi connectivity index (χ0n) is 17.4. The van der Waals surface area contributed by atoms with Gasteiger partial charge >= 0.3 is 0 Å². The SMILES string of the molecule is CNC(=O)[C@@H](NC(=O)c1ccc(C)c(OC)c1)C(c1ccccc1)c1ccccc1. The highest BCUT2D eigenvalue weighted by Crippen LogP contribution is 2.29. The Morgan fingerprint density at radius 1 is 0.867 bits per heavy atom. The molecule has 0 fully saturated rings. The number of hydrogen-bond acceptors (Lipinski definition) is 3. The molecule has 0 spiro atoms. The van der Waals surface area contributed by atoms with E-state index in [0.29, 0.717) is 11.3 Å². The molecular weight excluding hydrogens is 376 g/mol. The summed E-state index contributed by atoms with van der Waals surface area (Å²) < 4.78 is 5.34. The van der Waals surface area contributed by atoms with Crippen LogP contribution in [0.2, 0.25) is 0 Å². The van der Waals surface area contributed by atoms with Gasteiger partial charge in [-0.15, -0.1) is 0 Å². The molecule has 3 rings (SSSR count). The predicted molar refractivity (Wildman–Crippen MR) is 118 cm³/mol. The van der Waals surface area contributed by atoms with Crippen LogP contribution in [0, 0.1) is 6.92 Å². The monoisotopic (exact) mass is 402 g/mol. The van der Waals surface area contributed by atoms with Crippen molar-refractivity contribution in [3.63, 3.8) is 0 Å². The fourth-order valence-electron chi connectivity index (χ4n) is 3.54. The number of nitrogens with one attached hydrogen (secondary N) is 2. The maximum absolute atomic E-state index is 13.1. The molecule has 0 bridgehead atoms. The van der Waals surface area contributed by atoms with Crippen molar-refractivity contribution in [2.24, 2.45) is 0 Å². The molecule has 0 aliphatic heterocycles. The van der Waals surface area contributed by atoms with Gasteiger partial charge in [0.25, 0.3) is 5.91 Å². The van der Waals surface area contributed by atoms with E-state index >= 15 is 0 Å². The smallest absolute Gasteiger partial charge is 0.252 e. The highest BCUT2D eigenvalue weighted by atomic mass is 16.5. The molecule has 0 radical (unpaired) electrons. The van der Waals surface area contributed by atoms with Crippen molar-refractivity contribution in [3.8, 4) is 5.75 Å². The first-order chi connectivity index (χ1) is 14.5. The lowest BCUT2D eigenvalue weighted by molar-refractivity contribution is -0.122. The van der Waals surface area contributed by atoms with Crippen LogP contribution in [0.25, 0.3) is 0 Å². The molecule has 5 nitrogen and oxygen atoms in total. The van der Waals surface area contributed by atoms with Gasteiger partial charge in [-0.05, 0) is 35.7 Å². The standard InChI is InChI=1S/C25H26N2O3/c1-17-14-15-20(16-21(17)30-3)24(28)27-23(25(29)26-2)22(18-10-6-4-7-11-18)19-12-8-5-9-13-19/h4-16,22-23H,1-3H3,(H,26,29)(H,27,28)/t23-/m0/s1. The molecule has 2 N–H and O–H groups in total. The van der Waals surface area contributed by atoms with Gasteiger partial charge in [-0.1, -0.05) is 66.7 Å². The molecule has 2 amide bonds. The Morgan fingerprint density at radius 2 is 1.43 bits per heavy atom. The number of carbonyl (C=O) groups is 2. The summed E-state index contributed by atoms with van der Waals surface area (Å²) in [6.45, 7) is 1.91. The number of hydrogen-bond donors (Lipinski definition) is 2. The van der Waals surface area contributed by atoms with Gasteiger partial charge in [0.15, 0.2) is 0 Å². The summed E-state index contributed by atoms with van der Waals surface area (Å²) >= 11 is 0. The Bertz CT molecular complexity index is 964. The normalized spacial score (nSPS) is 11.6. The summed E-state index contributed by atoms with van der Waals surface area (Å²) in [5.41, 5.74) is 3.26. The van der Waals surface area contributed by atoms with Crippen molar-refractivity contribution < 1.29 is 14.3 Å². The summed E-state index contributed by atoms with van der Waals surface area (Å²) in [5, 5.41) is 5.64. The number of carbonyl (C=O) groups excluding carboxylic acids is 2. The Kier molecular flexibility index (Phi) is 6.86. The first-order valence-electron chi connectivity index (χ1n) is 9.82. The number of methoxy groups -OCH3 is 1. The number of amides is 2. The summed E-state index contributed by atoms with van der Waals surface area (Å²) in [4.78, 5) is 26.0. The van der Waals surface area contributed by atoms with E-state index in [1.54, 1.807) is 26.3 Å². The minimum Gasteiger partial charge on any atom is -0.496 e. The quantitative estimate of drug-likeness (QED) is 0.634. The molecule has 3 aromatic carbocycles. The fraction of sp³-hybridized carbons (Fsp3) is 0.200. The van der Waals surface area contributed by atoms with Crippen molar-refractivity contribution in [2.45, 2.75) is 18.9 Å². The molecule has 3 aromatic rings. The molecule has 0 unspecified atom stereocenters. The van der Waals surface area contributed by atoms with E-state index in [4.69, 9.17) is 4.74 Å². The van der Waals surface area contributed by atoms with E-state index in [-0.39, 0.29) is 17.7 Å². The number of likely N-dealkylation sites (N-methyl/N-ethyl adjacent to an activating group) is 1. The van der Waals surface area contributed by atoms with Gasteiger partial charge in [0.2, 0.25) is 5.91 Å². The Morgan fingerprint density at radius 3 is 1.93 bits per heavy atom. The van der Waals surface area contributed by atoms with Crippen molar-refractivity contribution >= 4 is 11.8 Å². The van der Waals surface area contributed by atoms with E-state index in [0.717, 1.165) is 16.7 Å². The Labute approximate surface area is 177 Å². The summed E-state index contributed by atoms with van der Waals surface area (Å²) in [7, 11) is 3.14. The van der Waals surface area contributed by atoms with Gasteiger partial charge < -0.3 is 15.4 Å². The number of aryl methyl sites for hydroxylation is 1. The minimum atomic E-state index is -0.792.